The number of carboxylic acids is 1. The third kappa shape index (κ3) is 3.76. The zero-order valence-electron chi connectivity index (χ0n) is 10.5. The maximum atomic E-state index is 11.8. The van der Waals surface area contributed by atoms with Gasteiger partial charge >= 0.3 is 12.0 Å². The van der Waals surface area contributed by atoms with Gasteiger partial charge in [-0.2, -0.15) is 0 Å². The second-order valence-electron chi connectivity index (χ2n) is 3.79. The van der Waals surface area contributed by atoms with Crippen LogP contribution in [0, 0.1) is 0 Å². The Morgan fingerprint density at radius 1 is 1.50 bits per heavy atom. The van der Waals surface area contributed by atoms with E-state index in [0.29, 0.717) is 18.8 Å². The lowest BCUT2D eigenvalue weighted by molar-refractivity contribution is -0.139. The van der Waals surface area contributed by atoms with E-state index in [1.807, 2.05) is 13.8 Å². The van der Waals surface area contributed by atoms with Crippen molar-refractivity contribution in [2.45, 2.75) is 26.3 Å². The Balaban J connectivity index is 2.63. The molecule has 0 spiro atoms. The lowest BCUT2D eigenvalue weighted by atomic mass is 10.1. The van der Waals surface area contributed by atoms with Crippen molar-refractivity contribution in [2.24, 2.45) is 0 Å². The molecule has 0 saturated carbocycles. The average molecular weight is 254 g/mol. The molecule has 0 aliphatic rings. The van der Waals surface area contributed by atoms with Crippen molar-refractivity contribution in [2.75, 3.05) is 13.1 Å². The number of urea groups is 1. The van der Waals surface area contributed by atoms with Crippen LogP contribution in [0.2, 0.25) is 0 Å². The fourth-order valence-corrected chi connectivity index (χ4v) is 1.57. The van der Waals surface area contributed by atoms with Crippen molar-refractivity contribution >= 4 is 12.0 Å². The summed E-state index contributed by atoms with van der Waals surface area (Å²) in [7, 11) is 0. The van der Waals surface area contributed by atoms with Crippen molar-refractivity contribution in [1.82, 2.24) is 20.2 Å². The van der Waals surface area contributed by atoms with Gasteiger partial charge in [0.15, 0.2) is 0 Å². The lowest BCUT2D eigenvalue weighted by Crippen LogP contribution is -2.48. The van der Waals surface area contributed by atoms with Gasteiger partial charge in [-0.25, -0.2) is 14.6 Å². The number of carbonyl (C=O) groups is 2. The number of carbonyl (C=O) groups excluding carboxylic acids is 1. The molecule has 1 atom stereocenters. The van der Waals surface area contributed by atoms with Crippen LogP contribution < -0.4 is 5.32 Å². The van der Waals surface area contributed by atoms with E-state index >= 15 is 0 Å². The molecular formula is C11H18N4O3. The van der Waals surface area contributed by atoms with Gasteiger partial charge in [0.25, 0.3) is 0 Å². The van der Waals surface area contributed by atoms with Crippen molar-refractivity contribution in [3.63, 3.8) is 0 Å². The SMILES string of the molecule is CCN(CC)C(=O)N[C@@H](Cc1cnc[nH]1)C(=O)O. The smallest absolute Gasteiger partial charge is 0.326 e. The van der Waals surface area contributed by atoms with Gasteiger partial charge in [0.1, 0.15) is 6.04 Å². The Morgan fingerprint density at radius 2 is 2.17 bits per heavy atom. The van der Waals surface area contributed by atoms with Crippen LogP contribution in [-0.2, 0) is 11.2 Å². The molecule has 7 heteroatoms. The molecule has 0 radical (unpaired) electrons. The molecule has 100 valence electrons. The van der Waals surface area contributed by atoms with Gasteiger partial charge in [0.2, 0.25) is 0 Å². The van der Waals surface area contributed by atoms with Gasteiger partial charge in [-0.1, -0.05) is 0 Å². The van der Waals surface area contributed by atoms with Crippen molar-refractivity contribution in [3.8, 4) is 0 Å². The summed E-state index contributed by atoms with van der Waals surface area (Å²) in [4.78, 5) is 31.0. The van der Waals surface area contributed by atoms with Crippen LogP contribution in [0.4, 0.5) is 4.79 Å². The highest BCUT2D eigenvalue weighted by Gasteiger charge is 2.22. The number of amides is 2. The van der Waals surface area contributed by atoms with Gasteiger partial charge in [0.05, 0.1) is 6.33 Å². The number of carboxylic acid groups (broad SMARTS) is 1. The Hall–Kier alpha value is -2.05. The first kappa shape index (κ1) is 14.0. The lowest BCUT2D eigenvalue weighted by Gasteiger charge is -2.22. The number of aliphatic carboxylic acids is 1. The number of aromatic amines is 1. The Bertz CT molecular complexity index is 387. The van der Waals surface area contributed by atoms with Crippen molar-refractivity contribution in [1.29, 1.82) is 0 Å². The summed E-state index contributed by atoms with van der Waals surface area (Å²) in [6.07, 6.45) is 3.20. The van der Waals surface area contributed by atoms with Crippen LogP contribution in [0.1, 0.15) is 19.5 Å². The highest BCUT2D eigenvalue weighted by molar-refractivity contribution is 5.82. The summed E-state index contributed by atoms with van der Waals surface area (Å²) >= 11 is 0. The number of nitrogens with one attached hydrogen (secondary N) is 2. The highest BCUT2D eigenvalue weighted by Crippen LogP contribution is 2.00. The first-order valence-electron chi connectivity index (χ1n) is 5.84. The molecule has 0 unspecified atom stereocenters. The zero-order chi connectivity index (χ0) is 13.5. The van der Waals surface area contributed by atoms with Crippen LogP contribution in [0.25, 0.3) is 0 Å². The van der Waals surface area contributed by atoms with E-state index in [-0.39, 0.29) is 12.5 Å². The second-order valence-corrected chi connectivity index (χ2v) is 3.79. The summed E-state index contributed by atoms with van der Waals surface area (Å²) < 4.78 is 0. The third-order valence-corrected chi connectivity index (χ3v) is 2.63. The molecule has 3 N–H and O–H groups in total. The number of H-pyrrole nitrogens is 1. The largest absolute Gasteiger partial charge is 0.480 e. The normalized spacial score (nSPS) is 11.9. The van der Waals surface area contributed by atoms with E-state index in [0.717, 1.165) is 0 Å². The van der Waals surface area contributed by atoms with Crippen molar-refractivity contribution < 1.29 is 14.7 Å². The molecule has 0 bridgehead atoms. The number of hydrogen-bond donors (Lipinski definition) is 3. The van der Waals surface area contributed by atoms with Crippen LogP contribution in [0.15, 0.2) is 12.5 Å². The zero-order valence-corrected chi connectivity index (χ0v) is 10.5. The van der Waals surface area contributed by atoms with Gasteiger partial charge in [-0.3, -0.25) is 0 Å². The van der Waals surface area contributed by atoms with E-state index in [9.17, 15) is 9.59 Å². The number of imidazole rings is 1. The number of hydrogen-bond acceptors (Lipinski definition) is 3. The van der Waals surface area contributed by atoms with Gasteiger partial charge in [0, 0.05) is 31.4 Å². The van der Waals surface area contributed by atoms with Crippen LogP contribution in [0.3, 0.4) is 0 Å². The monoisotopic (exact) mass is 254 g/mol. The predicted molar refractivity (Wildman–Crippen MR) is 65.2 cm³/mol. The molecule has 7 nitrogen and oxygen atoms in total. The maximum absolute atomic E-state index is 11.8. The Morgan fingerprint density at radius 3 is 2.61 bits per heavy atom. The standard InChI is InChI=1S/C11H18N4O3/c1-3-15(4-2)11(18)14-9(10(16)17)5-8-6-12-7-13-8/h6-7,9H,3-5H2,1-2H3,(H,12,13)(H,14,18)(H,16,17)/t9-/m0/s1. The molecule has 0 saturated heterocycles. The van der Waals surface area contributed by atoms with Gasteiger partial charge in [-0.05, 0) is 13.8 Å². The van der Waals surface area contributed by atoms with Crippen LogP contribution in [-0.4, -0.2) is 51.1 Å². The second kappa shape index (κ2) is 6.63. The fourth-order valence-electron chi connectivity index (χ4n) is 1.57. The highest BCUT2D eigenvalue weighted by atomic mass is 16.4. The molecule has 0 aromatic carbocycles. The minimum absolute atomic E-state index is 0.183. The Kier molecular flexibility index (Phi) is 5.16. The third-order valence-electron chi connectivity index (χ3n) is 2.63. The van der Waals surface area contributed by atoms with Crippen molar-refractivity contribution in [3.05, 3.63) is 18.2 Å². The number of rotatable bonds is 6. The molecular weight excluding hydrogens is 236 g/mol. The first-order valence-corrected chi connectivity index (χ1v) is 5.84. The summed E-state index contributed by atoms with van der Waals surface area (Å²) in [5.74, 6) is -1.06. The first-order chi connectivity index (χ1) is 8.58. The number of nitrogens with zero attached hydrogens (tertiary/aromatic N) is 2. The van der Waals surface area contributed by atoms with E-state index in [1.54, 1.807) is 6.20 Å². The summed E-state index contributed by atoms with van der Waals surface area (Å²) in [5.41, 5.74) is 0.669. The minimum atomic E-state index is -1.06. The molecule has 0 aliphatic carbocycles. The molecule has 1 aromatic rings. The molecule has 0 fully saturated rings. The Labute approximate surface area is 105 Å². The van der Waals surface area contributed by atoms with Gasteiger partial charge in [-0.15, -0.1) is 0 Å². The van der Waals surface area contributed by atoms with E-state index in [2.05, 4.69) is 15.3 Å². The van der Waals surface area contributed by atoms with E-state index in [1.165, 1.54) is 11.2 Å². The summed E-state index contributed by atoms with van der Waals surface area (Å²) in [6, 6.07) is -1.33. The maximum Gasteiger partial charge on any atom is 0.326 e. The predicted octanol–water partition coefficient (Wildman–Crippen LogP) is 0.457. The average Bonchev–Trinajstić information content (AvgIpc) is 2.82. The fraction of sp³-hybridized carbons (Fsp3) is 0.545. The molecule has 2 amide bonds. The molecule has 0 aliphatic heterocycles. The van der Waals surface area contributed by atoms with Crippen LogP contribution >= 0.6 is 0 Å². The molecule has 1 rings (SSSR count). The molecule has 1 aromatic heterocycles. The number of aromatic nitrogens is 2. The minimum Gasteiger partial charge on any atom is -0.480 e. The van der Waals surface area contributed by atoms with E-state index in [4.69, 9.17) is 5.11 Å². The van der Waals surface area contributed by atoms with Crippen LogP contribution in [0.5, 0.6) is 0 Å². The summed E-state index contributed by atoms with van der Waals surface area (Å²) in [5, 5.41) is 11.6. The molecule has 18 heavy (non-hydrogen) atoms. The molecule has 1 heterocycles. The van der Waals surface area contributed by atoms with E-state index < -0.39 is 12.0 Å². The summed E-state index contributed by atoms with van der Waals surface area (Å²) in [6.45, 7) is 4.76. The van der Waals surface area contributed by atoms with Gasteiger partial charge < -0.3 is 20.3 Å². The quantitative estimate of drug-likeness (QED) is 0.686. The topological polar surface area (TPSA) is 98.3 Å².